The number of aliphatic carboxylic acids is 1. The molecule has 6 heteroatoms. The van der Waals surface area contributed by atoms with Gasteiger partial charge in [-0.15, -0.1) is 0 Å². The minimum Gasteiger partial charge on any atom is -0.550 e. The molecule has 2 rings (SSSR count). The van der Waals surface area contributed by atoms with E-state index in [1.54, 1.807) is 12.1 Å². The van der Waals surface area contributed by atoms with E-state index in [0.29, 0.717) is 39.1 Å². The van der Waals surface area contributed by atoms with Crippen LogP contribution in [0.25, 0.3) is 0 Å². The standard InChI is InChI=1S/C16H22N2O4/c1-2-22-14-5-3-13(4-6-14)17-15(19)11-18-9-7-12(8-10-18)16(20)21/h3-6,12H,2,7-11H2,1H3,(H,17,19)(H,20,21). The van der Waals surface area contributed by atoms with Crippen LogP contribution in [-0.4, -0.2) is 38.1 Å². The third-order valence-corrected chi connectivity index (χ3v) is 3.89. The molecule has 0 radical (unpaired) electrons. The number of carbonyl (C=O) groups is 2. The molecule has 0 aromatic heterocycles. The number of rotatable bonds is 6. The number of likely N-dealkylation sites (tertiary alicyclic amines) is 1. The van der Waals surface area contributed by atoms with Crippen LogP contribution in [0, 0.1) is 5.92 Å². The first-order valence-corrected chi connectivity index (χ1v) is 7.65. The van der Waals surface area contributed by atoms with Crippen LogP contribution in [0.4, 0.5) is 5.69 Å². The highest BCUT2D eigenvalue weighted by molar-refractivity contribution is 5.91. The second kappa shape index (κ2) is 7.79. The number of quaternary nitrogens is 1. The van der Waals surface area contributed by atoms with E-state index in [4.69, 9.17) is 4.74 Å². The summed E-state index contributed by atoms with van der Waals surface area (Å²) < 4.78 is 5.35. The van der Waals surface area contributed by atoms with Gasteiger partial charge in [-0.1, -0.05) is 0 Å². The lowest BCUT2D eigenvalue weighted by Gasteiger charge is -2.29. The number of piperidine rings is 1. The van der Waals surface area contributed by atoms with Gasteiger partial charge in [0.2, 0.25) is 0 Å². The molecule has 1 aromatic carbocycles. The number of hydrogen-bond donors (Lipinski definition) is 2. The third kappa shape index (κ3) is 4.73. The highest BCUT2D eigenvalue weighted by Gasteiger charge is 2.24. The lowest BCUT2D eigenvalue weighted by Crippen LogP contribution is -3.14. The molecule has 1 amide bonds. The first kappa shape index (κ1) is 16.3. The monoisotopic (exact) mass is 306 g/mol. The second-order valence-corrected chi connectivity index (χ2v) is 5.53. The Morgan fingerprint density at radius 2 is 1.91 bits per heavy atom. The van der Waals surface area contributed by atoms with Gasteiger partial charge in [-0.05, 0) is 31.2 Å². The minimum absolute atomic E-state index is 0.0638. The topological polar surface area (TPSA) is 82.9 Å². The summed E-state index contributed by atoms with van der Waals surface area (Å²) in [7, 11) is 0. The molecular formula is C16H22N2O4. The van der Waals surface area contributed by atoms with Crippen LogP contribution in [0.2, 0.25) is 0 Å². The summed E-state index contributed by atoms with van der Waals surface area (Å²) in [5.74, 6) is -0.627. The van der Waals surface area contributed by atoms with Crippen LogP contribution in [0.5, 0.6) is 5.75 Å². The molecule has 1 aliphatic rings. The maximum atomic E-state index is 12.0. The summed E-state index contributed by atoms with van der Waals surface area (Å²) in [5, 5.41) is 13.6. The summed E-state index contributed by atoms with van der Waals surface area (Å²) in [6, 6.07) is 7.25. The van der Waals surface area contributed by atoms with Gasteiger partial charge < -0.3 is 24.9 Å². The highest BCUT2D eigenvalue weighted by Crippen LogP contribution is 2.15. The first-order valence-electron chi connectivity index (χ1n) is 7.65. The van der Waals surface area contributed by atoms with E-state index >= 15 is 0 Å². The Morgan fingerprint density at radius 3 is 2.45 bits per heavy atom. The second-order valence-electron chi connectivity index (χ2n) is 5.53. The molecule has 1 aromatic rings. The predicted octanol–water partition coefficient (Wildman–Crippen LogP) is -0.931. The summed E-state index contributed by atoms with van der Waals surface area (Å²) in [6.07, 6.45) is 1.15. The van der Waals surface area contributed by atoms with Gasteiger partial charge in [-0.25, -0.2) is 0 Å². The number of hydrogen-bond acceptors (Lipinski definition) is 4. The zero-order valence-electron chi connectivity index (χ0n) is 12.8. The fraction of sp³-hybridized carbons (Fsp3) is 0.500. The van der Waals surface area contributed by atoms with Crippen molar-refractivity contribution in [3.05, 3.63) is 24.3 Å². The molecule has 0 unspecified atom stereocenters. The average molecular weight is 306 g/mol. The molecule has 1 saturated heterocycles. The van der Waals surface area contributed by atoms with Crippen LogP contribution in [-0.2, 0) is 9.59 Å². The van der Waals surface area contributed by atoms with Crippen molar-refractivity contribution in [2.75, 3.05) is 31.6 Å². The lowest BCUT2D eigenvalue weighted by molar-refractivity contribution is -0.897. The van der Waals surface area contributed by atoms with Gasteiger partial charge in [0, 0.05) is 30.4 Å². The Balaban J connectivity index is 1.77. The fourth-order valence-electron chi connectivity index (χ4n) is 2.67. The Bertz CT molecular complexity index is 507. The first-order chi connectivity index (χ1) is 10.6. The van der Waals surface area contributed by atoms with Crippen LogP contribution in [0.3, 0.4) is 0 Å². The van der Waals surface area contributed by atoms with E-state index in [1.165, 1.54) is 0 Å². The van der Waals surface area contributed by atoms with E-state index in [0.717, 1.165) is 16.3 Å². The van der Waals surface area contributed by atoms with Gasteiger partial charge in [0.25, 0.3) is 5.91 Å². The van der Waals surface area contributed by atoms with Crippen molar-refractivity contribution in [1.29, 1.82) is 0 Å². The van der Waals surface area contributed by atoms with E-state index < -0.39 is 5.97 Å². The van der Waals surface area contributed by atoms with Gasteiger partial charge >= 0.3 is 0 Å². The molecule has 6 nitrogen and oxygen atoms in total. The van der Waals surface area contributed by atoms with Gasteiger partial charge in [-0.3, -0.25) is 4.79 Å². The van der Waals surface area contributed by atoms with E-state index in [-0.39, 0.29) is 11.8 Å². The predicted molar refractivity (Wildman–Crippen MR) is 79.5 cm³/mol. The van der Waals surface area contributed by atoms with Crippen LogP contribution >= 0.6 is 0 Å². The summed E-state index contributed by atoms with van der Waals surface area (Å²) >= 11 is 0. The number of ether oxygens (including phenoxy) is 1. The fourth-order valence-corrected chi connectivity index (χ4v) is 2.67. The molecule has 120 valence electrons. The summed E-state index contributed by atoms with van der Waals surface area (Å²) in [6.45, 7) is 4.26. The Kier molecular flexibility index (Phi) is 5.77. The van der Waals surface area contributed by atoms with Gasteiger partial charge in [0.05, 0.1) is 19.7 Å². The van der Waals surface area contributed by atoms with Crippen molar-refractivity contribution in [2.24, 2.45) is 5.92 Å². The highest BCUT2D eigenvalue weighted by atomic mass is 16.5. The van der Waals surface area contributed by atoms with Gasteiger partial charge in [0.1, 0.15) is 5.75 Å². The van der Waals surface area contributed by atoms with Crippen molar-refractivity contribution >= 4 is 17.6 Å². The molecule has 1 aliphatic heterocycles. The van der Waals surface area contributed by atoms with Crippen molar-refractivity contribution < 1.29 is 24.3 Å². The SMILES string of the molecule is CCOc1ccc(NC(=O)C[NH+]2CCC(C(=O)[O-])CC2)cc1. The zero-order chi connectivity index (χ0) is 15.9. The van der Waals surface area contributed by atoms with Crippen molar-refractivity contribution in [1.82, 2.24) is 0 Å². The Labute approximate surface area is 130 Å². The number of nitrogens with one attached hydrogen (secondary N) is 2. The minimum atomic E-state index is -0.974. The molecular weight excluding hydrogens is 284 g/mol. The normalized spacial score (nSPS) is 21.1. The zero-order valence-corrected chi connectivity index (χ0v) is 12.8. The Morgan fingerprint density at radius 1 is 1.27 bits per heavy atom. The van der Waals surface area contributed by atoms with Crippen LogP contribution in [0.1, 0.15) is 19.8 Å². The van der Waals surface area contributed by atoms with Gasteiger partial charge in [-0.2, -0.15) is 0 Å². The number of amides is 1. The number of anilines is 1. The van der Waals surface area contributed by atoms with E-state index in [1.807, 2.05) is 19.1 Å². The molecule has 1 heterocycles. The Hall–Kier alpha value is -2.08. The van der Waals surface area contributed by atoms with Crippen molar-refractivity contribution in [2.45, 2.75) is 19.8 Å². The van der Waals surface area contributed by atoms with Gasteiger partial charge in [0.15, 0.2) is 6.54 Å². The van der Waals surface area contributed by atoms with Crippen LogP contribution in [0.15, 0.2) is 24.3 Å². The number of carboxylic acids is 1. The molecule has 0 atom stereocenters. The number of carbonyl (C=O) groups excluding carboxylic acids is 2. The quantitative estimate of drug-likeness (QED) is 0.711. The van der Waals surface area contributed by atoms with Crippen LogP contribution < -0.4 is 20.1 Å². The number of carboxylic acid groups (broad SMARTS) is 1. The summed E-state index contributed by atoms with van der Waals surface area (Å²) in [5.41, 5.74) is 0.734. The molecule has 0 aliphatic carbocycles. The molecule has 0 saturated carbocycles. The summed E-state index contributed by atoms with van der Waals surface area (Å²) in [4.78, 5) is 23.9. The average Bonchev–Trinajstić information content (AvgIpc) is 2.50. The molecule has 22 heavy (non-hydrogen) atoms. The number of benzene rings is 1. The maximum absolute atomic E-state index is 12.0. The van der Waals surface area contributed by atoms with Crippen molar-refractivity contribution in [3.8, 4) is 5.75 Å². The van der Waals surface area contributed by atoms with E-state index in [9.17, 15) is 14.7 Å². The maximum Gasteiger partial charge on any atom is 0.279 e. The molecule has 0 bridgehead atoms. The molecule has 2 N–H and O–H groups in total. The third-order valence-electron chi connectivity index (χ3n) is 3.89. The molecule has 1 fully saturated rings. The lowest BCUT2D eigenvalue weighted by atomic mass is 9.97. The van der Waals surface area contributed by atoms with Crippen molar-refractivity contribution in [3.63, 3.8) is 0 Å². The molecule has 0 spiro atoms. The smallest absolute Gasteiger partial charge is 0.279 e. The largest absolute Gasteiger partial charge is 0.550 e. The van der Waals surface area contributed by atoms with E-state index in [2.05, 4.69) is 5.32 Å².